The van der Waals surface area contributed by atoms with Gasteiger partial charge in [-0.25, -0.2) is 0 Å². The van der Waals surface area contributed by atoms with Crippen molar-refractivity contribution in [1.29, 1.82) is 0 Å². The van der Waals surface area contributed by atoms with Gasteiger partial charge in [-0.2, -0.15) is 0 Å². The molecule has 3 N–H and O–H groups in total. The molecule has 5 nitrogen and oxygen atoms in total. The minimum Gasteiger partial charge on any atom is -0.480 e. The zero-order chi connectivity index (χ0) is 12.1. The van der Waals surface area contributed by atoms with Crippen molar-refractivity contribution >= 4 is 11.9 Å². The fourth-order valence-corrected chi connectivity index (χ4v) is 0.757. The van der Waals surface area contributed by atoms with Crippen LogP contribution in [0.3, 0.4) is 0 Å². The number of carbonyl (C=O) groups is 2. The Labute approximate surface area is 90.2 Å². The van der Waals surface area contributed by atoms with E-state index in [4.69, 9.17) is 5.11 Å². The highest BCUT2D eigenvalue weighted by molar-refractivity contribution is 5.81. The molecule has 0 spiro atoms. The van der Waals surface area contributed by atoms with Gasteiger partial charge in [-0.1, -0.05) is 13.8 Å². The predicted octanol–water partition coefficient (Wildman–Crippen LogP) is 0.211. The molecule has 0 fully saturated rings. The summed E-state index contributed by atoms with van der Waals surface area (Å²) in [6.07, 6.45) is 0. The molecular formula is C10H20N2O3. The third kappa shape index (κ3) is 6.06. The van der Waals surface area contributed by atoms with Crippen LogP contribution in [-0.2, 0) is 9.59 Å². The summed E-state index contributed by atoms with van der Waals surface area (Å²) in [6.45, 7) is 7.65. The van der Waals surface area contributed by atoms with E-state index < -0.39 is 11.5 Å². The smallest absolute Gasteiger partial charge is 0.323 e. The van der Waals surface area contributed by atoms with Crippen LogP contribution in [0.25, 0.3) is 0 Å². The first-order valence-electron chi connectivity index (χ1n) is 5.01. The Morgan fingerprint density at radius 2 is 1.87 bits per heavy atom. The molecule has 0 atom stereocenters. The van der Waals surface area contributed by atoms with Crippen LogP contribution in [0.2, 0.25) is 0 Å². The first kappa shape index (κ1) is 13.9. The predicted molar refractivity (Wildman–Crippen MR) is 57.6 cm³/mol. The van der Waals surface area contributed by atoms with E-state index in [1.807, 2.05) is 13.8 Å². The lowest BCUT2D eigenvalue weighted by molar-refractivity contribution is -0.143. The van der Waals surface area contributed by atoms with Crippen LogP contribution in [0.15, 0.2) is 0 Å². The van der Waals surface area contributed by atoms with Crippen LogP contribution in [0.1, 0.15) is 27.7 Å². The molecule has 0 unspecified atom stereocenters. The van der Waals surface area contributed by atoms with Crippen LogP contribution in [0, 0.1) is 5.92 Å². The topological polar surface area (TPSA) is 78.4 Å². The second-order valence-electron chi connectivity index (χ2n) is 4.48. The normalized spacial score (nSPS) is 11.5. The van der Waals surface area contributed by atoms with Gasteiger partial charge in [0.2, 0.25) is 5.91 Å². The number of hydrogen-bond donors (Lipinski definition) is 3. The summed E-state index contributed by atoms with van der Waals surface area (Å²) in [4.78, 5) is 22.0. The van der Waals surface area contributed by atoms with Crippen LogP contribution in [0.5, 0.6) is 0 Å². The van der Waals surface area contributed by atoms with Crippen LogP contribution >= 0.6 is 0 Å². The van der Waals surface area contributed by atoms with Crippen molar-refractivity contribution in [2.24, 2.45) is 5.92 Å². The van der Waals surface area contributed by atoms with Crippen molar-refractivity contribution in [2.45, 2.75) is 33.2 Å². The molecule has 15 heavy (non-hydrogen) atoms. The molecule has 0 heterocycles. The molecule has 0 aromatic rings. The van der Waals surface area contributed by atoms with Crippen LogP contribution in [0.4, 0.5) is 0 Å². The summed E-state index contributed by atoms with van der Waals surface area (Å²) in [5.41, 5.74) is -1.07. The zero-order valence-corrected chi connectivity index (χ0v) is 9.76. The lowest BCUT2D eigenvalue weighted by Gasteiger charge is -2.20. The maximum absolute atomic E-state index is 11.3. The Balaban J connectivity index is 3.85. The molecule has 0 aromatic heterocycles. The fourth-order valence-electron chi connectivity index (χ4n) is 0.757. The quantitative estimate of drug-likeness (QED) is 0.593. The maximum atomic E-state index is 11.3. The van der Waals surface area contributed by atoms with Crippen molar-refractivity contribution in [3.05, 3.63) is 0 Å². The first-order chi connectivity index (χ1) is 6.75. The van der Waals surface area contributed by atoms with Crippen molar-refractivity contribution in [3.8, 4) is 0 Å². The molecule has 0 aliphatic heterocycles. The third-order valence-electron chi connectivity index (χ3n) is 1.93. The van der Waals surface area contributed by atoms with Gasteiger partial charge in [0.15, 0.2) is 0 Å². The van der Waals surface area contributed by atoms with Crippen molar-refractivity contribution in [3.63, 3.8) is 0 Å². The van der Waals surface area contributed by atoms with Gasteiger partial charge < -0.3 is 10.4 Å². The monoisotopic (exact) mass is 216 g/mol. The third-order valence-corrected chi connectivity index (χ3v) is 1.93. The van der Waals surface area contributed by atoms with E-state index in [9.17, 15) is 9.59 Å². The van der Waals surface area contributed by atoms with E-state index >= 15 is 0 Å². The van der Waals surface area contributed by atoms with Crippen LogP contribution in [-0.4, -0.2) is 35.6 Å². The zero-order valence-electron chi connectivity index (χ0n) is 9.76. The first-order valence-corrected chi connectivity index (χ1v) is 5.01. The minimum atomic E-state index is -1.07. The van der Waals surface area contributed by atoms with Gasteiger partial charge in [-0.3, -0.25) is 14.9 Å². The Bertz CT molecular complexity index is 237. The summed E-state index contributed by atoms with van der Waals surface area (Å²) in [5.74, 6) is -0.765. The van der Waals surface area contributed by atoms with Crippen molar-refractivity contribution in [1.82, 2.24) is 10.6 Å². The molecular weight excluding hydrogens is 196 g/mol. The average molecular weight is 216 g/mol. The van der Waals surface area contributed by atoms with E-state index in [-0.39, 0.29) is 12.5 Å². The SMILES string of the molecule is CC(C)CNC(=O)CNC(C)(C)C(=O)O. The molecule has 0 aliphatic rings. The molecule has 5 heteroatoms. The molecule has 0 radical (unpaired) electrons. The fraction of sp³-hybridized carbons (Fsp3) is 0.800. The number of hydrogen-bond acceptors (Lipinski definition) is 3. The van der Waals surface area contributed by atoms with E-state index in [0.29, 0.717) is 12.5 Å². The van der Waals surface area contributed by atoms with E-state index in [2.05, 4.69) is 10.6 Å². The highest BCUT2D eigenvalue weighted by Gasteiger charge is 2.26. The molecule has 0 bridgehead atoms. The number of carbonyl (C=O) groups excluding carboxylic acids is 1. The number of rotatable bonds is 6. The molecule has 1 amide bonds. The molecule has 0 aromatic carbocycles. The van der Waals surface area contributed by atoms with Gasteiger partial charge in [-0.05, 0) is 19.8 Å². The second-order valence-corrected chi connectivity index (χ2v) is 4.48. The van der Waals surface area contributed by atoms with Gasteiger partial charge in [-0.15, -0.1) is 0 Å². The molecule has 88 valence electrons. The lowest BCUT2D eigenvalue weighted by atomic mass is 10.1. The highest BCUT2D eigenvalue weighted by Crippen LogP contribution is 2.00. The van der Waals surface area contributed by atoms with Gasteiger partial charge in [0.05, 0.1) is 6.54 Å². The average Bonchev–Trinajstić information content (AvgIpc) is 2.11. The summed E-state index contributed by atoms with van der Waals surface area (Å²) in [5, 5.41) is 14.1. The highest BCUT2D eigenvalue weighted by atomic mass is 16.4. The van der Waals surface area contributed by atoms with E-state index in [0.717, 1.165) is 0 Å². The Morgan fingerprint density at radius 1 is 1.33 bits per heavy atom. The van der Waals surface area contributed by atoms with Crippen molar-refractivity contribution < 1.29 is 14.7 Å². The standard InChI is InChI=1S/C10H20N2O3/c1-7(2)5-11-8(13)6-12-10(3,4)9(14)15/h7,12H,5-6H2,1-4H3,(H,11,13)(H,14,15). The molecule has 0 saturated carbocycles. The number of aliphatic carboxylic acids is 1. The Morgan fingerprint density at radius 3 is 2.27 bits per heavy atom. The number of amides is 1. The van der Waals surface area contributed by atoms with Crippen molar-refractivity contribution in [2.75, 3.05) is 13.1 Å². The summed E-state index contributed by atoms with van der Waals surface area (Å²) in [7, 11) is 0. The summed E-state index contributed by atoms with van der Waals surface area (Å²) >= 11 is 0. The minimum absolute atomic E-state index is 0.0199. The maximum Gasteiger partial charge on any atom is 0.323 e. The number of nitrogens with one attached hydrogen (secondary N) is 2. The number of carboxylic acids is 1. The van der Waals surface area contributed by atoms with Crippen LogP contribution < -0.4 is 10.6 Å². The lowest BCUT2D eigenvalue weighted by Crippen LogP contribution is -2.50. The van der Waals surface area contributed by atoms with Gasteiger partial charge >= 0.3 is 5.97 Å². The molecule has 0 aliphatic carbocycles. The Kier molecular flexibility index (Phi) is 5.28. The number of carboxylic acid groups (broad SMARTS) is 1. The molecule has 0 saturated heterocycles. The second kappa shape index (κ2) is 5.70. The summed E-state index contributed by atoms with van der Waals surface area (Å²) < 4.78 is 0. The van der Waals surface area contributed by atoms with E-state index in [1.165, 1.54) is 13.8 Å². The Hall–Kier alpha value is -1.10. The largest absolute Gasteiger partial charge is 0.480 e. The van der Waals surface area contributed by atoms with Gasteiger partial charge in [0, 0.05) is 6.54 Å². The van der Waals surface area contributed by atoms with Gasteiger partial charge in [0.1, 0.15) is 5.54 Å². The molecule has 0 rings (SSSR count). The summed E-state index contributed by atoms with van der Waals surface area (Å²) in [6, 6.07) is 0. The van der Waals surface area contributed by atoms with E-state index in [1.54, 1.807) is 0 Å². The van der Waals surface area contributed by atoms with Gasteiger partial charge in [0.25, 0.3) is 0 Å².